The van der Waals surface area contributed by atoms with Crippen LogP contribution in [0.25, 0.3) is 0 Å². The summed E-state index contributed by atoms with van der Waals surface area (Å²) in [6.07, 6.45) is 7.11. The maximum absolute atomic E-state index is 5.41. The second kappa shape index (κ2) is 7.93. The first kappa shape index (κ1) is 19.9. The summed E-state index contributed by atoms with van der Waals surface area (Å²) in [6.45, 7) is 8.64. The molecule has 1 spiro atoms. The number of piperidine rings is 1. The van der Waals surface area contributed by atoms with Gasteiger partial charge in [0.15, 0.2) is 0 Å². The van der Waals surface area contributed by atoms with Crippen LogP contribution < -0.4 is 5.32 Å². The van der Waals surface area contributed by atoms with Crippen LogP contribution in [0.2, 0.25) is 0 Å². The van der Waals surface area contributed by atoms with Crippen LogP contribution in [0.5, 0.6) is 0 Å². The molecule has 0 aromatic carbocycles. The maximum atomic E-state index is 5.41. The molecule has 30 heavy (non-hydrogen) atoms. The monoisotopic (exact) mass is 411 g/mol. The first-order valence-electron chi connectivity index (χ1n) is 11.4. The van der Waals surface area contributed by atoms with E-state index < -0.39 is 0 Å². The van der Waals surface area contributed by atoms with Crippen LogP contribution in [0, 0.1) is 13.8 Å². The molecule has 0 amide bonds. The summed E-state index contributed by atoms with van der Waals surface area (Å²) in [5.74, 6) is 3.61. The topological polar surface area (TPSA) is 76.3 Å². The smallest absolute Gasteiger partial charge is 0.138 e. The summed E-state index contributed by atoms with van der Waals surface area (Å²) in [5.41, 5.74) is 5.07. The van der Waals surface area contributed by atoms with Gasteiger partial charge in [0.1, 0.15) is 17.4 Å². The third-order valence-electron chi connectivity index (χ3n) is 7.14. The van der Waals surface area contributed by atoms with Crippen LogP contribution in [0.4, 0.5) is 5.82 Å². The Bertz CT molecular complexity index is 903. The van der Waals surface area contributed by atoms with Crippen molar-refractivity contribution in [1.82, 2.24) is 20.0 Å². The molecule has 2 fully saturated rings. The van der Waals surface area contributed by atoms with E-state index in [1.165, 1.54) is 48.9 Å². The average Bonchev–Trinajstić information content (AvgIpc) is 3.49. The zero-order chi connectivity index (χ0) is 20.7. The van der Waals surface area contributed by atoms with E-state index in [1.54, 1.807) is 7.11 Å². The first-order chi connectivity index (χ1) is 14.6. The lowest BCUT2D eigenvalue weighted by Gasteiger charge is -2.40. The SMILES string of the molecule is COCCNc1nc(C2CC2)nc2c1CCC21CCCN(Cc2c(C)noc2C)C1. The Morgan fingerprint density at radius 2 is 2.10 bits per heavy atom. The highest BCUT2D eigenvalue weighted by Crippen LogP contribution is 2.48. The summed E-state index contributed by atoms with van der Waals surface area (Å²) in [5, 5.41) is 7.69. The predicted octanol–water partition coefficient (Wildman–Crippen LogP) is 3.50. The Hall–Kier alpha value is -1.99. The van der Waals surface area contributed by atoms with Crippen LogP contribution in [-0.4, -0.2) is 53.4 Å². The highest BCUT2D eigenvalue weighted by atomic mass is 16.5. The summed E-state index contributed by atoms with van der Waals surface area (Å²) < 4.78 is 10.6. The fourth-order valence-electron chi connectivity index (χ4n) is 5.31. The van der Waals surface area contributed by atoms with E-state index in [0.29, 0.717) is 12.5 Å². The fraction of sp³-hybridized carbons (Fsp3) is 0.696. The Labute approximate surface area is 178 Å². The summed E-state index contributed by atoms with van der Waals surface area (Å²) in [4.78, 5) is 12.7. The van der Waals surface area contributed by atoms with E-state index in [9.17, 15) is 0 Å². The van der Waals surface area contributed by atoms with Crippen molar-refractivity contribution in [2.24, 2.45) is 0 Å². The minimum absolute atomic E-state index is 0.150. The van der Waals surface area contributed by atoms with Crippen LogP contribution in [0.15, 0.2) is 4.52 Å². The number of rotatable bonds is 7. The summed E-state index contributed by atoms with van der Waals surface area (Å²) in [6, 6.07) is 0. The number of aromatic nitrogens is 3. The van der Waals surface area contributed by atoms with Gasteiger partial charge in [-0.2, -0.15) is 0 Å². The van der Waals surface area contributed by atoms with Crippen molar-refractivity contribution in [1.29, 1.82) is 0 Å². The molecule has 2 aromatic rings. The highest BCUT2D eigenvalue weighted by Gasteiger charge is 2.45. The standard InChI is InChI=1S/C23H33N5O2/c1-15-19(16(2)30-27-15)13-28-11-4-8-23(14-28)9-7-18-20(23)25-21(17-5-6-17)26-22(18)24-10-12-29-3/h17H,4-14H2,1-3H3,(H,24,25,26). The number of methoxy groups -OCH3 is 1. The zero-order valence-corrected chi connectivity index (χ0v) is 18.5. The largest absolute Gasteiger partial charge is 0.383 e. The lowest BCUT2D eigenvalue weighted by atomic mass is 9.77. The van der Waals surface area contributed by atoms with Crippen molar-refractivity contribution in [3.8, 4) is 0 Å². The van der Waals surface area contributed by atoms with Crippen LogP contribution in [0.3, 0.4) is 0 Å². The van der Waals surface area contributed by atoms with E-state index in [1.807, 2.05) is 13.8 Å². The predicted molar refractivity (Wildman–Crippen MR) is 115 cm³/mol. The molecule has 1 atom stereocenters. The van der Waals surface area contributed by atoms with E-state index in [-0.39, 0.29) is 5.41 Å². The number of anilines is 1. The molecule has 7 heteroatoms. The van der Waals surface area contributed by atoms with Gasteiger partial charge in [-0.3, -0.25) is 4.90 Å². The molecule has 0 bridgehead atoms. The molecule has 1 unspecified atom stereocenters. The highest BCUT2D eigenvalue weighted by molar-refractivity contribution is 5.53. The van der Waals surface area contributed by atoms with Crippen molar-refractivity contribution < 1.29 is 9.26 Å². The number of ether oxygens (including phenoxy) is 1. The molecular weight excluding hydrogens is 378 g/mol. The van der Waals surface area contributed by atoms with E-state index in [0.717, 1.165) is 55.7 Å². The molecule has 2 aliphatic carbocycles. The number of nitrogens with zero attached hydrogens (tertiary/aromatic N) is 4. The molecule has 7 nitrogen and oxygen atoms in total. The second-order valence-electron chi connectivity index (χ2n) is 9.35. The number of fused-ring (bicyclic) bond motifs is 2. The molecule has 1 saturated carbocycles. The molecule has 0 radical (unpaired) electrons. The molecular formula is C23H33N5O2. The van der Waals surface area contributed by atoms with Gasteiger partial charge >= 0.3 is 0 Å². The van der Waals surface area contributed by atoms with Crippen molar-refractivity contribution in [2.45, 2.75) is 70.3 Å². The van der Waals surface area contributed by atoms with Gasteiger partial charge in [0, 0.05) is 49.2 Å². The normalized spacial score (nSPS) is 23.8. The summed E-state index contributed by atoms with van der Waals surface area (Å²) >= 11 is 0. The van der Waals surface area contributed by atoms with Crippen molar-refractivity contribution in [2.75, 3.05) is 38.7 Å². The van der Waals surface area contributed by atoms with Crippen molar-refractivity contribution in [3.63, 3.8) is 0 Å². The van der Waals surface area contributed by atoms with Gasteiger partial charge < -0.3 is 14.6 Å². The van der Waals surface area contributed by atoms with E-state index >= 15 is 0 Å². The van der Waals surface area contributed by atoms with Crippen LogP contribution >= 0.6 is 0 Å². The second-order valence-corrected chi connectivity index (χ2v) is 9.35. The Morgan fingerprint density at radius 1 is 1.23 bits per heavy atom. The van der Waals surface area contributed by atoms with Crippen molar-refractivity contribution >= 4 is 5.82 Å². The Balaban J connectivity index is 1.43. The lowest BCUT2D eigenvalue weighted by Crippen LogP contribution is -2.45. The third-order valence-corrected chi connectivity index (χ3v) is 7.14. The molecule has 5 rings (SSSR count). The number of likely N-dealkylation sites (tertiary alicyclic amines) is 1. The molecule has 162 valence electrons. The molecule has 1 aliphatic heterocycles. The van der Waals surface area contributed by atoms with Gasteiger partial charge in [-0.15, -0.1) is 0 Å². The molecule has 1 saturated heterocycles. The maximum Gasteiger partial charge on any atom is 0.138 e. The van der Waals surface area contributed by atoms with Gasteiger partial charge in [-0.25, -0.2) is 9.97 Å². The van der Waals surface area contributed by atoms with Gasteiger partial charge in [-0.05, 0) is 58.9 Å². The molecule has 3 aliphatic rings. The van der Waals surface area contributed by atoms with Gasteiger partial charge in [0.05, 0.1) is 18.0 Å². The molecule has 2 aromatic heterocycles. The van der Waals surface area contributed by atoms with E-state index in [4.69, 9.17) is 19.2 Å². The molecule has 3 heterocycles. The van der Waals surface area contributed by atoms with Gasteiger partial charge in [0.25, 0.3) is 0 Å². The quantitative estimate of drug-likeness (QED) is 0.699. The minimum atomic E-state index is 0.150. The van der Waals surface area contributed by atoms with Gasteiger partial charge in [-0.1, -0.05) is 5.16 Å². The molecule has 1 N–H and O–H groups in total. The van der Waals surface area contributed by atoms with Crippen molar-refractivity contribution in [3.05, 3.63) is 34.1 Å². The number of hydrogen-bond acceptors (Lipinski definition) is 7. The average molecular weight is 412 g/mol. The van der Waals surface area contributed by atoms with Crippen LogP contribution in [-0.2, 0) is 23.1 Å². The first-order valence-corrected chi connectivity index (χ1v) is 11.4. The third kappa shape index (κ3) is 3.62. The lowest BCUT2D eigenvalue weighted by molar-refractivity contribution is 0.136. The van der Waals surface area contributed by atoms with Crippen LogP contribution in [0.1, 0.15) is 72.1 Å². The van der Waals surface area contributed by atoms with Gasteiger partial charge in [0.2, 0.25) is 0 Å². The Morgan fingerprint density at radius 3 is 2.83 bits per heavy atom. The fourth-order valence-corrected chi connectivity index (χ4v) is 5.31. The Kier molecular flexibility index (Phi) is 5.27. The number of aryl methyl sites for hydroxylation is 2. The minimum Gasteiger partial charge on any atom is -0.383 e. The number of hydrogen-bond donors (Lipinski definition) is 1. The number of nitrogens with one attached hydrogen (secondary N) is 1. The summed E-state index contributed by atoms with van der Waals surface area (Å²) in [7, 11) is 1.74. The zero-order valence-electron chi connectivity index (χ0n) is 18.5. The van der Waals surface area contributed by atoms with E-state index in [2.05, 4.69) is 15.4 Å².